The zero-order valence-corrected chi connectivity index (χ0v) is 21.2. The van der Waals surface area contributed by atoms with Crippen molar-refractivity contribution in [2.45, 2.75) is 62.6 Å². The number of aryl methyl sites for hydroxylation is 1. The molecule has 2 aromatic carbocycles. The molecular weight excluding hydrogens is 476 g/mol. The van der Waals surface area contributed by atoms with Crippen LogP contribution in [-0.2, 0) is 10.0 Å². The Kier molecular flexibility index (Phi) is 7.22. The van der Waals surface area contributed by atoms with Gasteiger partial charge in [-0.2, -0.15) is 4.98 Å². The third kappa shape index (κ3) is 5.69. The number of benzene rings is 2. The van der Waals surface area contributed by atoms with Gasteiger partial charge >= 0.3 is 0 Å². The Morgan fingerprint density at radius 1 is 1.03 bits per heavy atom. The van der Waals surface area contributed by atoms with Crippen molar-refractivity contribution in [2.24, 2.45) is 5.92 Å². The molecule has 0 spiro atoms. The van der Waals surface area contributed by atoms with Crippen LogP contribution in [-0.4, -0.2) is 36.1 Å². The Hall–Kier alpha value is -3.01. The Bertz CT molecular complexity index is 1320. The first-order valence-electron chi connectivity index (χ1n) is 12.5. The average Bonchev–Trinajstić information content (AvgIpc) is 2.87. The number of fused-ring (bicyclic) bond motifs is 4. The smallest absolute Gasteiger partial charge is 0.264 e. The van der Waals surface area contributed by atoms with Gasteiger partial charge in [0.05, 0.1) is 10.6 Å². The van der Waals surface area contributed by atoms with E-state index in [9.17, 15) is 13.5 Å². The first kappa shape index (κ1) is 24.7. The van der Waals surface area contributed by atoms with Crippen LogP contribution in [0.25, 0.3) is 11.3 Å². The lowest BCUT2D eigenvalue weighted by Crippen LogP contribution is -2.39. The van der Waals surface area contributed by atoms with Gasteiger partial charge in [-0.3, -0.25) is 5.32 Å². The second-order valence-electron chi connectivity index (χ2n) is 9.72. The molecule has 2 heterocycles. The zero-order valence-electron chi connectivity index (χ0n) is 20.4. The molecule has 0 radical (unpaired) electrons. The standard InChI is InChI=1S/C27H32N4O4S/c1-18-8-5-6-13-23(18)24-16-25-30-27(29-24)31-36(33,34)22-12-7-11-20(15-22)26(32)28-21(17-35-25)14-19-9-3-2-4-10-19/h5-8,11-13,15-16,19,21,26,28,32H,2-4,9-10,14,17H2,1H3,(H,29,30,31)/t21-,26?/m1/s1. The van der Waals surface area contributed by atoms with Gasteiger partial charge in [-0.05, 0) is 42.5 Å². The maximum atomic E-state index is 13.2. The third-order valence-electron chi connectivity index (χ3n) is 7.00. The van der Waals surface area contributed by atoms with E-state index in [1.807, 2.05) is 31.2 Å². The molecule has 0 amide bonds. The summed E-state index contributed by atoms with van der Waals surface area (Å²) in [5.41, 5.74) is 2.90. The quantitative estimate of drug-likeness (QED) is 0.475. The molecule has 8 nitrogen and oxygen atoms in total. The van der Waals surface area contributed by atoms with Crippen LogP contribution in [0.1, 0.15) is 55.9 Å². The minimum absolute atomic E-state index is 0.0243. The zero-order chi connectivity index (χ0) is 25.1. The summed E-state index contributed by atoms with van der Waals surface area (Å²) in [5, 5.41) is 14.2. The van der Waals surface area contributed by atoms with E-state index in [0.717, 1.165) is 17.5 Å². The predicted octanol–water partition coefficient (Wildman–Crippen LogP) is 4.56. The molecule has 1 saturated carbocycles. The minimum atomic E-state index is -4.00. The van der Waals surface area contributed by atoms with Crippen molar-refractivity contribution in [3.63, 3.8) is 0 Å². The van der Waals surface area contributed by atoms with E-state index in [-0.39, 0.29) is 29.4 Å². The SMILES string of the molecule is Cc1ccccc1-c1cc2nc(n1)NS(=O)(=O)c1cccc(c1)C(O)N[C@H](CC1CCCCC1)CO2. The monoisotopic (exact) mass is 508 g/mol. The Balaban J connectivity index is 1.55. The number of hydrogen-bond acceptors (Lipinski definition) is 7. The predicted molar refractivity (Wildman–Crippen MR) is 138 cm³/mol. The summed E-state index contributed by atoms with van der Waals surface area (Å²) in [5.74, 6) is 0.768. The number of nitrogens with zero attached hydrogens (tertiary/aromatic N) is 2. The first-order valence-corrected chi connectivity index (χ1v) is 14.0. The number of aliphatic hydroxyl groups is 1. The van der Waals surface area contributed by atoms with Gasteiger partial charge in [0.25, 0.3) is 10.0 Å². The topological polar surface area (TPSA) is 113 Å². The molecule has 5 rings (SSSR count). The van der Waals surface area contributed by atoms with Crippen LogP contribution in [0.5, 0.6) is 5.88 Å². The van der Waals surface area contributed by atoms with Gasteiger partial charge in [-0.1, -0.05) is 68.5 Å². The lowest BCUT2D eigenvalue weighted by molar-refractivity contribution is 0.0966. The molecule has 2 aliphatic rings. The second kappa shape index (κ2) is 10.5. The number of hydrogen-bond donors (Lipinski definition) is 3. The van der Waals surface area contributed by atoms with E-state index in [4.69, 9.17) is 4.74 Å². The second-order valence-corrected chi connectivity index (χ2v) is 11.4. The Morgan fingerprint density at radius 3 is 2.64 bits per heavy atom. The van der Waals surface area contributed by atoms with Gasteiger partial charge in [-0.25, -0.2) is 18.1 Å². The molecule has 2 atom stereocenters. The number of aliphatic hydroxyl groups excluding tert-OH is 1. The molecule has 1 unspecified atom stereocenters. The van der Waals surface area contributed by atoms with Crippen molar-refractivity contribution in [2.75, 3.05) is 11.3 Å². The lowest BCUT2D eigenvalue weighted by atomic mass is 9.85. The van der Waals surface area contributed by atoms with Gasteiger partial charge in [0.1, 0.15) is 12.8 Å². The van der Waals surface area contributed by atoms with Crippen LogP contribution in [0.2, 0.25) is 0 Å². The molecule has 3 N–H and O–H groups in total. The van der Waals surface area contributed by atoms with Gasteiger partial charge < -0.3 is 9.84 Å². The largest absolute Gasteiger partial charge is 0.476 e. The molecule has 190 valence electrons. The highest BCUT2D eigenvalue weighted by Crippen LogP contribution is 2.30. The number of sulfonamides is 1. The molecule has 1 fully saturated rings. The van der Waals surface area contributed by atoms with Crippen molar-refractivity contribution in [1.82, 2.24) is 15.3 Å². The minimum Gasteiger partial charge on any atom is -0.476 e. The lowest BCUT2D eigenvalue weighted by Gasteiger charge is -2.29. The Morgan fingerprint density at radius 2 is 1.83 bits per heavy atom. The van der Waals surface area contributed by atoms with E-state index >= 15 is 0 Å². The van der Waals surface area contributed by atoms with Crippen molar-refractivity contribution < 1.29 is 18.3 Å². The van der Waals surface area contributed by atoms with E-state index in [2.05, 4.69) is 20.0 Å². The summed E-state index contributed by atoms with van der Waals surface area (Å²) < 4.78 is 35.0. The molecule has 9 heteroatoms. The summed E-state index contributed by atoms with van der Waals surface area (Å²) in [6.45, 7) is 2.25. The van der Waals surface area contributed by atoms with E-state index in [0.29, 0.717) is 17.2 Å². The van der Waals surface area contributed by atoms with Crippen LogP contribution in [0, 0.1) is 12.8 Å². The Labute approximate surface area is 212 Å². The number of nitrogens with one attached hydrogen (secondary N) is 2. The van der Waals surface area contributed by atoms with Crippen molar-refractivity contribution in [3.8, 4) is 17.1 Å². The molecule has 1 aromatic heterocycles. The first-order chi connectivity index (χ1) is 17.4. The molecule has 36 heavy (non-hydrogen) atoms. The van der Waals surface area contributed by atoms with E-state index in [1.165, 1.54) is 44.2 Å². The molecule has 4 bridgehead atoms. The van der Waals surface area contributed by atoms with Crippen LogP contribution in [0.15, 0.2) is 59.5 Å². The number of ether oxygens (including phenoxy) is 1. The summed E-state index contributed by atoms with van der Waals surface area (Å²) in [7, 11) is -4.00. The summed E-state index contributed by atoms with van der Waals surface area (Å²) in [6.07, 6.45) is 5.88. The molecule has 0 saturated heterocycles. The fraction of sp³-hybridized carbons (Fsp3) is 0.407. The van der Waals surface area contributed by atoms with Crippen molar-refractivity contribution >= 4 is 16.0 Å². The van der Waals surface area contributed by atoms with Crippen LogP contribution in [0.4, 0.5) is 5.95 Å². The normalized spacial score (nSPS) is 22.3. The maximum absolute atomic E-state index is 13.2. The summed E-state index contributed by atoms with van der Waals surface area (Å²) in [6, 6.07) is 15.6. The number of rotatable bonds is 3. The van der Waals surface area contributed by atoms with Crippen molar-refractivity contribution in [3.05, 3.63) is 65.7 Å². The average molecular weight is 509 g/mol. The van der Waals surface area contributed by atoms with Gasteiger partial charge in [0.2, 0.25) is 11.8 Å². The number of aromatic nitrogens is 2. The molecule has 3 aromatic rings. The highest BCUT2D eigenvalue weighted by molar-refractivity contribution is 7.92. The fourth-order valence-corrected chi connectivity index (χ4v) is 6.09. The maximum Gasteiger partial charge on any atom is 0.264 e. The number of anilines is 1. The third-order valence-corrected chi connectivity index (χ3v) is 8.33. The molecular formula is C27H32N4O4S. The van der Waals surface area contributed by atoms with Gasteiger partial charge in [-0.15, -0.1) is 0 Å². The van der Waals surface area contributed by atoms with E-state index < -0.39 is 16.3 Å². The van der Waals surface area contributed by atoms with Crippen LogP contribution in [0.3, 0.4) is 0 Å². The molecule has 1 aliphatic heterocycles. The van der Waals surface area contributed by atoms with E-state index in [1.54, 1.807) is 18.2 Å². The summed E-state index contributed by atoms with van der Waals surface area (Å²) in [4.78, 5) is 8.90. The van der Waals surface area contributed by atoms with Gasteiger partial charge in [0, 0.05) is 17.7 Å². The van der Waals surface area contributed by atoms with Crippen LogP contribution < -0.4 is 14.8 Å². The van der Waals surface area contributed by atoms with Crippen molar-refractivity contribution in [1.29, 1.82) is 0 Å². The highest BCUT2D eigenvalue weighted by atomic mass is 32.2. The van der Waals surface area contributed by atoms with Gasteiger partial charge in [0.15, 0.2) is 0 Å². The fourth-order valence-electron chi connectivity index (χ4n) is 5.09. The molecule has 1 aliphatic carbocycles. The van der Waals surface area contributed by atoms with Crippen LogP contribution >= 0.6 is 0 Å². The highest BCUT2D eigenvalue weighted by Gasteiger charge is 2.25. The summed E-state index contributed by atoms with van der Waals surface area (Å²) >= 11 is 0.